The van der Waals surface area contributed by atoms with Gasteiger partial charge in [0.1, 0.15) is 12.3 Å². The Labute approximate surface area is 121 Å². The molecule has 4 heteroatoms. The predicted octanol–water partition coefficient (Wildman–Crippen LogP) is 2.52. The Balaban J connectivity index is 2.19. The van der Waals surface area contributed by atoms with Crippen molar-refractivity contribution >= 4 is 5.97 Å². The molecule has 0 unspecified atom stereocenters. The Hall–Kier alpha value is -2.07. The summed E-state index contributed by atoms with van der Waals surface area (Å²) in [5.41, 5.74) is 2.39. The van der Waals surface area contributed by atoms with Crippen LogP contribution in [-0.4, -0.2) is 22.7 Å². The van der Waals surface area contributed by atoms with E-state index in [4.69, 9.17) is 7.48 Å². The van der Waals surface area contributed by atoms with Gasteiger partial charge in [-0.05, 0) is 36.9 Å². The van der Waals surface area contributed by atoms with Gasteiger partial charge in [-0.15, -0.1) is 0 Å². The van der Waals surface area contributed by atoms with Gasteiger partial charge in [0.2, 0.25) is 0 Å². The molecule has 2 rings (SSSR count). The van der Waals surface area contributed by atoms with E-state index in [9.17, 15) is 9.90 Å². The number of benzene rings is 1. The second-order valence-electron chi connectivity index (χ2n) is 4.52. The minimum Gasteiger partial charge on any atom is -0.456 e. The van der Waals surface area contributed by atoms with Gasteiger partial charge in [-0.2, -0.15) is 0 Å². The maximum atomic E-state index is 12.2. The van der Waals surface area contributed by atoms with E-state index in [0.717, 1.165) is 5.56 Å². The molecule has 0 fully saturated rings. The van der Waals surface area contributed by atoms with Crippen molar-refractivity contribution in [3.05, 3.63) is 58.4 Å². The number of hydrogen-bond acceptors (Lipinski definition) is 3. The SMILES string of the molecule is [2H]C([2H])(CO)c1c(C)[nH]c(C(=O)OCc2ccccc2)c1C. The van der Waals surface area contributed by atoms with Crippen LogP contribution in [0.2, 0.25) is 0 Å². The number of carbonyl (C=O) groups is 1. The number of ether oxygens (including phenoxy) is 1. The van der Waals surface area contributed by atoms with E-state index in [1.807, 2.05) is 30.3 Å². The Kier molecular flexibility index (Phi) is 3.75. The lowest BCUT2D eigenvalue weighted by molar-refractivity contribution is 0.0465. The predicted molar refractivity (Wildman–Crippen MR) is 76.6 cm³/mol. The molecule has 0 aliphatic rings. The molecule has 4 nitrogen and oxygen atoms in total. The number of esters is 1. The topological polar surface area (TPSA) is 62.3 Å². The van der Waals surface area contributed by atoms with Gasteiger partial charge >= 0.3 is 5.97 Å². The summed E-state index contributed by atoms with van der Waals surface area (Å²) in [6.07, 6.45) is -1.90. The van der Waals surface area contributed by atoms with Gasteiger partial charge in [-0.25, -0.2) is 4.79 Å². The fraction of sp³-hybridized carbons (Fsp3) is 0.312. The third kappa shape index (κ3) is 3.08. The lowest BCUT2D eigenvalue weighted by Crippen LogP contribution is -2.07. The van der Waals surface area contributed by atoms with Gasteiger partial charge in [-0.1, -0.05) is 30.3 Å². The minimum atomic E-state index is -1.90. The number of aromatic amines is 1. The van der Waals surface area contributed by atoms with Crippen LogP contribution in [0.1, 0.15) is 35.6 Å². The highest BCUT2D eigenvalue weighted by molar-refractivity contribution is 5.89. The van der Waals surface area contributed by atoms with Crippen molar-refractivity contribution in [1.29, 1.82) is 0 Å². The molecule has 0 bridgehead atoms. The summed E-state index contributed by atoms with van der Waals surface area (Å²) in [6.45, 7) is 2.82. The second kappa shape index (κ2) is 6.39. The minimum absolute atomic E-state index is 0.152. The van der Waals surface area contributed by atoms with E-state index < -0.39 is 18.9 Å². The van der Waals surface area contributed by atoms with E-state index >= 15 is 0 Å². The van der Waals surface area contributed by atoms with Crippen molar-refractivity contribution in [3.63, 3.8) is 0 Å². The second-order valence-corrected chi connectivity index (χ2v) is 4.52. The molecular weight excluding hydrogens is 254 g/mol. The van der Waals surface area contributed by atoms with Crippen molar-refractivity contribution < 1.29 is 17.4 Å². The smallest absolute Gasteiger partial charge is 0.355 e. The summed E-state index contributed by atoms with van der Waals surface area (Å²) >= 11 is 0. The summed E-state index contributed by atoms with van der Waals surface area (Å²) in [4.78, 5) is 15.0. The fourth-order valence-corrected chi connectivity index (χ4v) is 2.09. The highest BCUT2D eigenvalue weighted by Gasteiger charge is 2.18. The van der Waals surface area contributed by atoms with E-state index in [2.05, 4.69) is 4.98 Å². The van der Waals surface area contributed by atoms with Gasteiger partial charge in [0.15, 0.2) is 0 Å². The average molecular weight is 275 g/mol. The molecule has 0 aliphatic heterocycles. The van der Waals surface area contributed by atoms with E-state index in [1.54, 1.807) is 13.8 Å². The number of hydrogen-bond donors (Lipinski definition) is 2. The van der Waals surface area contributed by atoms with Crippen LogP contribution in [0.3, 0.4) is 0 Å². The standard InChI is InChI=1S/C16H19NO3/c1-11-14(8-9-18)12(2)17-15(11)16(19)20-10-13-6-4-3-5-7-13/h3-7,17-18H,8-10H2,1-2H3/i8D2. The number of rotatable bonds is 5. The molecule has 0 atom stereocenters. The molecule has 0 saturated carbocycles. The maximum Gasteiger partial charge on any atom is 0.355 e. The zero-order valence-electron chi connectivity index (χ0n) is 13.6. The first-order valence-corrected chi connectivity index (χ1v) is 6.38. The van der Waals surface area contributed by atoms with Crippen LogP contribution in [-0.2, 0) is 17.7 Å². The van der Waals surface area contributed by atoms with Gasteiger partial charge in [-0.3, -0.25) is 0 Å². The zero-order valence-corrected chi connectivity index (χ0v) is 11.6. The Morgan fingerprint density at radius 3 is 2.70 bits per heavy atom. The van der Waals surface area contributed by atoms with Crippen molar-refractivity contribution in [2.24, 2.45) is 0 Å². The lowest BCUT2D eigenvalue weighted by Gasteiger charge is -2.04. The van der Waals surface area contributed by atoms with Gasteiger partial charge in [0.05, 0.1) is 0 Å². The monoisotopic (exact) mass is 275 g/mol. The summed E-state index contributed by atoms with van der Waals surface area (Å²) in [7, 11) is 0. The molecule has 2 N–H and O–H groups in total. The van der Waals surface area contributed by atoms with Crippen molar-refractivity contribution in [2.45, 2.75) is 26.8 Å². The van der Waals surface area contributed by atoms with Gasteiger partial charge < -0.3 is 14.8 Å². The number of carbonyl (C=O) groups excluding carboxylic acids is 1. The molecule has 0 aliphatic carbocycles. The first-order valence-electron chi connectivity index (χ1n) is 7.38. The number of aryl methyl sites for hydroxylation is 1. The molecule has 1 aromatic carbocycles. The Morgan fingerprint density at radius 1 is 1.35 bits per heavy atom. The number of aliphatic hydroxyl groups is 1. The third-order valence-corrected chi connectivity index (χ3v) is 3.11. The molecule has 2 aromatic rings. The summed E-state index contributed by atoms with van der Waals surface area (Å²) < 4.78 is 20.9. The summed E-state index contributed by atoms with van der Waals surface area (Å²) in [5, 5.41) is 9.19. The van der Waals surface area contributed by atoms with Crippen LogP contribution < -0.4 is 0 Å². The van der Waals surface area contributed by atoms with Crippen LogP contribution in [0.4, 0.5) is 0 Å². The molecule has 0 radical (unpaired) electrons. The highest BCUT2D eigenvalue weighted by Crippen LogP contribution is 2.19. The Bertz CT molecular complexity index is 666. The number of aromatic nitrogens is 1. The molecular formula is C16H19NO3. The molecule has 1 heterocycles. The molecule has 20 heavy (non-hydrogen) atoms. The van der Waals surface area contributed by atoms with Gasteiger partial charge in [0, 0.05) is 15.0 Å². The molecule has 0 saturated heterocycles. The van der Waals surface area contributed by atoms with Crippen molar-refractivity contribution in [1.82, 2.24) is 4.98 Å². The Morgan fingerprint density at radius 2 is 2.05 bits per heavy atom. The summed E-state index contributed by atoms with van der Waals surface area (Å²) in [5.74, 6) is -0.538. The number of nitrogens with one attached hydrogen (secondary N) is 1. The third-order valence-electron chi connectivity index (χ3n) is 3.11. The normalized spacial score (nSPS) is 12.8. The lowest BCUT2D eigenvalue weighted by atomic mass is 10.1. The average Bonchev–Trinajstić information content (AvgIpc) is 2.81. The van der Waals surface area contributed by atoms with E-state index in [1.165, 1.54) is 0 Å². The quantitative estimate of drug-likeness (QED) is 0.824. The molecule has 0 amide bonds. The van der Waals surface area contributed by atoms with Crippen LogP contribution in [0.25, 0.3) is 0 Å². The van der Waals surface area contributed by atoms with Crippen LogP contribution in [0.5, 0.6) is 0 Å². The summed E-state index contributed by atoms with van der Waals surface area (Å²) in [6, 6.07) is 9.32. The first-order chi connectivity index (χ1) is 10.4. The molecule has 106 valence electrons. The van der Waals surface area contributed by atoms with E-state index in [-0.39, 0.29) is 12.3 Å². The number of aliphatic hydroxyl groups excluding tert-OH is 1. The maximum absolute atomic E-state index is 12.2. The van der Waals surface area contributed by atoms with E-state index in [0.29, 0.717) is 16.8 Å². The van der Waals surface area contributed by atoms with Crippen LogP contribution in [0.15, 0.2) is 30.3 Å². The zero-order chi connectivity index (χ0) is 16.3. The van der Waals surface area contributed by atoms with Crippen molar-refractivity contribution in [3.8, 4) is 0 Å². The van der Waals surface area contributed by atoms with Gasteiger partial charge in [0.25, 0.3) is 0 Å². The van der Waals surface area contributed by atoms with Crippen molar-refractivity contribution in [2.75, 3.05) is 6.61 Å². The van der Waals surface area contributed by atoms with Crippen LogP contribution in [0, 0.1) is 13.8 Å². The molecule has 0 spiro atoms. The number of H-pyrrole nitrogens is 1. The van der Waals surface area contributed by atoms with Crippen LogP contribution >= 0.6 is 0 Å². The highest BCUT2D eigenvalue weighted by atomic mass is 16.5. The molecule has 1 aromatic heterocycles. The fourth-order valence-electron chi connectivity index (χ4n) is 2.09. The first kappa shape index (κ1) is 11.7. The largest absolute Gasteiger partial charge is 0.456 e.